The van der Waals surface area contributed by atoms with Crippen LogP contribution < -0.4 is 11.1 Å². The topological polar surface area (TPSA) is 72.2 Å². The van der Waals surface area contributed by atoms with Crippen molar-refractivity contribution in [1.29, 1.82) is 0 Å². The minimum atomic E-state index is -4.47. The molecule has 3 N–H and O–H groups in total. The van der Waals surface area contributed by atoms with Gasteiger partial charge in [-0.15, -0.1) is 0 Å². The fraction of sp³-hybridized carbons (Fsp3) is 0.300. The van der Waals surface area contributed by atoms with Crippen molar-refractivity contribution in [3.8, 4) is 0 Å². The summed E-state index contributed by atoms with van der Waals surface area (Å²) < 4.78 is 47.1. The van der Waals surface area contributed by atoms with Gasteiger partial charge in [-0.3, -0.25) is 9.00 Å². The molecule has 0 aliphatic heterocycles. The fourth-order valence-electron chi connectivity index (χ4n) is 1.07. The lowest BCUT2D eigenvalue weighted by Gasteiger charge is -2.08. The predicted molar refractivity (Wildman–Crippen MR) is 61.2 cm³/mol. The monoisotopic (exact) mass is 280 g/mol. The number of nitrogen functional groups attached to an aromatic ring is 1. The minimum absolute atomic E-state index is 0.339. The van der Waals surface area contributed by atoms with Crippen LogP contribution in [0.2, 0.25) is 0 Å². The van der Waals surface area contributed by atoms with Crippen LogP contribution >= 0.6 is 0 Å². The first-order valence-electron chi connectivity index (χ1n) is 4.85. The predicted octanol–water partition coefficient (Wildman–Crippen LogP) is 1.05. The van der Waals surface area contributed by atoms with Crippen molar-refractivity contribution >= 4 is 22.4 Å². The van der Waals surface area contributed by atoms with Gasteiger partial charge < -0.3 is 11.1 Å². The van der Waals surface area contributed by atoms with Crippen LogP contribution in [0, 0.1) is 0 Å². The van der Waals surface area contributed by atoms with E-state index in [9.17, 15) is 22.2 Å². The molecule has 0 radical (unpaired) electrons. The Morgan fingerprint density at radius 1 is 1.28 bits per heavy atom. The zero-order chi connectivity index (χ0) is 13.8. The highest BCUT2D eigenvalue weighted by Crippen LogP contribution is 2.13. The molecule has 0 aliphatic rings. The molecule has 1 unspecified atom stereocenters. The molecule has 0 bridgehead atoms. The number of rotatable bonds is 4. The summed E-state index contributed by atoms with van der Waals surface area (Å²) in [5.41, 5.74) is 5.89. The SMILES string of the molecule is Nc1ccc(S(=O)CC(=O)NCC(F)(F)F)cc1. The van der Waals surface area contributed by atoms with Crippen molar-refractivity contribution in [2.75, 3.05) is 18.0 Å². The second-order valence-corrected chi connectivity index (χ2v) is 4.90. The molecule has 0 saturated carbocycles. The summed E-state index contributed by atoms with van der Waals surface area (Å²) in [5.74, 6) is -1.43. The number of benzene rings is 1. The van der Waals surface area contributed by atoms with Crippen molar-refractivity contribution < 1.29 is 22.2 Å². The van der Waals surface area contributed by atoms with Gasteiger partial charge in [0.2, 0.25) is 5.91 Å². The number of amides is 1. The number of anilines is 1. The van der Waals surface area contributed by atoms with Crippen molar-refractivity contribution in [1.82, 2.24) is 5.32 Å². The highest BCUT2D eigenvalue weighted by Gasteiger charge is 2.27. The molecule has 1 aromatic rings. The van der Waals surface area contributed by atoms with Crippen molar-refractivity contribution in [3.05, 3.63) is 24.3 Å². The van der Waals surface area contributed by atoms with Crippen LogP contribution in [0.5, 0.6) is 0 Å². The van der Waals surface area contributed by atoms with Gasteiger partial charge >= 0.3 is 6.18 Å². The van der Waals surface area contributed by atoms with Crippen molar-refractivity contribution in [2.24, 2.45) is 0 Å². The molecule has 0 fully saturated rings. The summed E-state index contributed by atoms with van der Waals surface area (Å²) >= 11 is 0. The Labute approximate surface area is 104 Å². The third kappa shape index (κ3) is 5.17. The Kier molecular flexibility index (Phi) is 4.71. The van der Waals surface area contributed by atoms with Gasteiger partial charge in [0.05, 0.1) is 10.8 Å². The average Bonchev–Trinajstić information content (AvgIpc) is 2.26. The summed E-state index contributed by atoms with van der Waals surface area (Å²) in [4.78, 5) is 11.5. The molecule has 1 rings (SSSR count). The van der Waals surface area contributed by atoms with E-state index < -0.39 is 35.2 Å². The summed E-state index contributed by atoms with van der Waals surface area (Å²) in [6.07, 6.45) is -4.47. The zero-order valence-electron chi connectivity index (χ0n) is 9.16. The minimum Gasteiger partial charge on any atom is -0.399 e. The first-order valence-corrected chi connectivity index (χ1v) is 6.17. The Balaban J connectivity index is 2.50. The third-order valence-electron chi connectivity index (χ3n) is 1.89. The van der Waals surface area contributed by atoms with Gasteiger partial charge in [0.25, 0.3) is 0 Å². The van der Waals surface area contributed by atoms with Crippen LogP contribution in [-0.4, -0.2) is 28.6 Å². The van der Waals surface area contributed by atoms with E-state index >= 15 is 0 Å². The van der Waals surface area contributed by atoms with Crippen LogP contribution in [0.3, 0.4) is 0 Å². The first kappa shape index (κ1) is 14.5. The van der Waals surface area contributed by atoms with Crippen LogP contribution in [0.4, 0.5) is 18.9 Å². The zero-order valence-corrected chi connectivity index (χ0v) is 9.98. The lowest BCUT2D eigenvalue weighted by atomic mass is 10.3. The molecule has 1 atom stereocenters. The number of carbonyl (C=O) groups is 1. The average molecular weight is 280 g/mol. The lowest BCUT2D eigenvalue weighted by molar-refractivity contribution is -0.136. The number of alkyl halides is 3. The Bertz CT molecular complexity index is 445. The van der Waals surface area contributed by atoms with Gasteiger partial charge in [-0.1, -0.05) is 0 Å². The number of nitrogens with two attached hydrogens (primary N) is 1. The van der Waals surface area contributed by atoms with E-state index in [1.807, 2.05) is 0 Å². The van der Waals surface area contributed by atoms with Gasteiger partial charge in [-0.25, -0.2) is 0 Å². The van der Waals surface area contributed by atoms with Gasteiger partial charge in [0.1, 0.15) is 12.3 Å². The molecule has 1 aromatic carbocycles. The maximum Gasteiger partial charge on any atom is 0.405 e. The van der Waals surface area contributed by atoms with E-state index in [-0.39, 0.29) is 0 Å². The summed E-state index contributed by atoms with van der Waals surface area (Å²) in [6, 6.07) is 5.92. The normalized spacial score (nSPS) is 13.1. The van der Waals surface area contributed by atoms with Crippen LogP contribution in [-0.2, 0) is 15.6 Å². The highest BCUT2D eigenvalue weighted by atomic mass is 32.2. The quantitative estimate of drug-likeness (QED) is 0.810. The van der Waals surface area contributed by atoms with Crippen LogP contribution in [0.15, 0.2) is 29.2 Å². The molecule has 0 aliphatic carbocycles. The van der Waals surface area contributed by atoms with E-state index in [1.165, 1.54) is 24.3 Å². The second kappa shape index (κ2) is 5.85. The number of hydrogen-bond donors (Lipinski definition) is 2. The third-order valence-corrected chi connectivity index (χ3v) is 3.21. The number of halogens is 3. The largest absolute Gasteiger partial charge is 0.405 e. The molecule has 4 nitrogen and oxygen atoms in total. The molecular weight excluding hydrogens is 269 g/mol. The number of hydrogen-bond acceptors (Lipinski definition) is 3. The van der Waals surface area contributed by atoms with Crippen LogP contribution in [0.1, 0.15) is 0 Å². The molecule has 0 aromatic heterocycles. The van der Waals surface area contributed by atoms with Crippen LogP contribution in [0.25, 0.3) is 0 Å². The first-order chi connectivity index (χ1) is 8.28. The van der Waals surface area contributed by atoms with Crippen molar-refractivity contribution in [2.45, 2.75) is 11.1 Å². The number of nitrogens with one attached hydrogen (secondary N) is 1. The molecule has 18 heavy (non-hydrogen) atoms. The van der Waals surface area contributed by atoms with Gasteiger partial charge in [-0.2, -0.15) is 13.2 Å². The lowest BCUT2D eigenvalue weighted by Crippen LogP contribution is -2.36. The van der Waals surface area contributed by atoms with Gasteiger partial charge in [0.15, 0.2) is 0 Å². The van der Waals surface area contributed by atoms with E-state index in [0.29, 0.717) is 10.6 Å². The smallest absolute Gasteiger partial charge is 0.399 e. The van der Waals surface area contributed by atoms with Gasteiger partial charge in [-0.05, 0) is 24.3 Å². The Morgan fingerprint density at radius 3 is 2.33 bits per heavy atom. The molecule has 0 spiro atoms. The molecule has 8 heteroatoms. The maximum absolute atomic E-state index is 11.8. The number of carbonyl (C=O) groups excluding carboxylic acids is 1. The van der Waals surface area contributed by atoms with E-state index in [2.05, 4.69) is 0 Å². The summed E-state index contributed by atoms with van der Waals surface area (Å²) in [5, 5.41) is 1.65. The van der Waals surface area contributed by atoms with E-state index in [1.54, 1.807) is 5.32 Å². The molecule has 0 heterocycles. The summed E-state index contributed by atoms with van der Waals surface area (Å²) in [6.45, 7) is -1.43. The fourth-order valence-corrected chi connectivity index (χ4v) is 2.02. The second-order valence-electron chi connectivity index (χ2n) is 3.45. The Hall–Kier alpha value is -1.57. The standard InChI is InChI=1S/C10H11F3N2O2S/c11-10(12,13)6-15-9(16)5-18(17)8-3-1-7(14)2-4-8/h1-4H,5-6,14H2,(H,15,16). The molecule has 0 saturated heterocycles. The van der Waals surface area contributed by atoms with E-state index in [0.717, 1.165) is 0 Å². The molecular formula is C10H11F3N2O2S. The highest BCUT2D eigenvalue weighted by molar-refractivity contribution is 7.85. The van der Waals surface area contributed by atoms with Crippen molar-refractivity contribution in [3.63, 3.8) is 0 Å². The van der Waals surface area contributed by atoms with Gasteiger partial charge in [0, 0.05) is 10.6 Å². The van der Waals surface area contributed by atoms with E-state index in [4.69, 9.17) is 5.73 Å². The Morgan fingerprint density at radius 2 is 1.83 bits per heavy atom. The molecule has 1 amide bonds. The summed E-state index contributed by atoms with van der Waals surface area (Å²) in [7, 11) is -1.68. The molecule has 100 valence electrons. The maximum atomic E-state index is 11.8.